The van der Waals surface area contributed by atoms with Crippen LogP contribution in [0.2, 0.25) is 0 Å². The molecule has 1 aliphatic heterocycles. The standard InChI is InChI=1S/C22H19FN4O3/c1-15-19(17(14-24)22(30-15)27-8-4-5-9-27)21(29)26-12-10-25(11-13-26)20(28)16-6-2-3-7-18(16)23/h2-9H,10-13H2,1H3. The van der Waals surface area contributed by atoms with Crippen LogP contribution in [0.3, 0.4) is 0 Å². The van der Waals surface area contributed by atoms with Crippen LogP contribution in [0.15, 0.2) is 53.2 Å². The Labute approximate surface area is 172 Å². The first-order valence-electron chi connectivity index (χ1n) is 9.51. The Morgan fingerprint density at radius 1 is 1.00 bits per heavy atom. The van der Waals surface area contributed by atoms with E-state index in [9.17, 15) is 19.2 Å². The van der Waals surface area contributed by atoms with Crippen LogP contribution < -0.4 is 0 Å². The van der Waals surface area contributed by atoms with E-state index < -0.39 is 11.7 Å². The van der Waals surface area contributed by atoms with Gasteiger partial charge in [-0.2, -0.15) is 5.26 Å². The smallest absolute Gasteiger partial charge is 0.258 e. The second kappa shape index (κ2) is 7.87. The summed E-state index contributed by atoms with van der Waals surface area (Å²) >= 11 is 0. The van der Waals surface area contributed by atoms with Crippen molar-refractivity contribution in [1.82, 2.24) is 14.4 Å². The quantitative estimate of drug-likeness (QED) is 0.670. The Balaban J connectivity index is 1.51. The topological polar surface area (TPSA) is 82.5 Å². The summed E-state index contributed by atoms with van der Waals surface area (Å²) < 4.78 is 21.3. The predicted molar refractivity (Wildman–Crippen MR) is 106 cm³/mol. The van der Waals surface area contributed by atoms with Crippen LogP contribution in [0.5, 0.6) is 0 Å². The van der Waals surface area contributed by atoms with Crippen LogP contribution in [0.25, 0.3) is 5.88 Å². The van der Waals surface area contributed by atoms with E-state index in [2.05, 4.69) is 6.07 Å². The van der Waals surface area contributed by atoms with Crippen molar-refractivity contribution in [1.29, 1.82) is 5.26 Å². The molecule has 0 radical (unpaired) electrons. The molecule has 1 aromatic carbocycles. The molecule has 0 saturated carbocycles. The van der Waals surface area contributed by atoms with Gasteiger partial charge in [0.15, 0.2) is 0 Å². The highest BCUT2D eigenvalue weighted by atomic mass is 19.1. The summed E-state index contributed by atoms with van der Waals surface area (Å²) in [7, 11) is 0. The van der Waals surface area contributed by atoms with Crippen molar-refractivity contribution in [2.75, 3.05) is 26.2 Å². The number of hydrogen-bond donors (Lipinski definition) is 0. The van der Waals surface area contributed by atoms with Gasteiger partial charge in [-0.05, 0) is 31.2 Å². The minimum atomic E-state index is -0.564. The zero-order valence-corrected chi connectivity index (χ0v) is 16.3. The van der Waals surface area contributed by atoms with Crippen LogP contribution in [-0.4, -0.2) is 52.4 Å². The number of rotatable bonds is 3. The van der Waals surface area contributed by atoms with Gasteiger partial charge in [-0.3, -0.25) is 14.2 Å². The lowest BCUT2D eigenvalue weighted by Crippen LogP contribution is -2.50. The van der Waals surface area contributed by atoms with Gasteiger partial charge in [0.05, 0.1) is 5.56 Å². The SMILES string of the molecule is Cc1oc(-n2cccc2)c(C#N)c1C(=O)N1CCN(C(=O)c2ccccc2F)CC1. The molecule has 1 aliphatic rings. The minimum Gasteiger partial charge on any atom is -0.443 e. The molecule has 1 saturated heterocycles. The van der Waals surface area contributed by atoms with Crippen LogP contribution in [0.1, 0.15) is 32.0 Å². The number of aryl methyl sites for hydroxylation is 1. The highest BCUT2D eigenvalue weighted by molar-refractivity contribution is 5.99. The van der Waals surface area contributed by atoms with Crippen LogP contribution in [-0.2, 0) is 0 Å². The second-order valence-corrected chi connectivity index (χ2v) is 6.98. The summed E-state index contributed by atoms with van der Waals surface area (Å²) in [5.74, 6) is -0.607. The monoisotopic (exact) mass is 406 g/mol. The molecule has 0 aliphatic carbocycles. The first kappa shape index (κ1) is 19.5. The Bertz CT molecular complexity index is 1140. The number of halogens is 1. The average Bonchev–Trinajstić information content (AvgIpc) is 3.40. The molecule has 3 aromatic rings. The summed E-state index contributed by atoms with van der Waals surface area (Å²) in [6.07, 6.45) is 3.47. The maximum Gasteiger partial charge on any atom is 0.258 e. The van der Waals surface area contributed by atoms with Gasteiger partial charge in [0.2, 0.25) is 5.88 Å². The Hall–Kier alpha value is -3.86. The van der Waals surface area contributed by atoms with Crippen molar-refractivity contribution < 1.29 is 18.4 Å². The largest absolute Gasteiger partial charge is 0.443 e. The summed E-state index contributed by atoms with van der Waals surface area (Å²) in [4.78, 5) is 28.8. The van der Waals surface area contributed by atoms with Crippen molar-refractivity contribution in [2.45, 2.75) is 6.92 Å². The summed E-state index contributed by atoms with van der Waals surface area (Å²) in [6, 6.07) is 11.5. The molecule has 0 bridgehead atoms. The lowest BCUT2D eigenvalue weighted by atomic mass is 10.1. The molecule has 0 N–H and O–H groups in total. The van der Waals surface area contributed by atoms with Gasteiger partial charge in [0.1, 0.15) is 28.8 Å². The van der Waals surface area contributed by atoms with Crippen molar-refractivity contribution in [2.24, 2.45) is 0 Å². The molecule has 152 valence electrons. The van der Waals surface area contributed by atoms with Gasteiger partial charge >= 0.3 is 0 Å². The van der Waals surface area contributed by atoms with Crippen molar-refractivity contribution in [3.05, 3.63) is 77.1 Å². The maximum absolute atomic E-state index is 13.9. The van der Waals surface area contributed by atoms with Crippen molar-refractivity contribution in [3.8, 4) is 12.0 Å². The van der Waals surface area contributed by atoms with E-state index in [1.165, 1.54) is 23.1 Å². The van der Waals surface area contributed by atoms with Gasteiger partial charge in [-0.1, -0.05) is 12.1 Å². The number of furan rings is 1. The fraction of sp³-hybridized carbons (Fsp3) is 0.227. The Morgan fingerprint density at radius 2 is 1.60 bits per heavy atom. The molecule has 0 unspecified atom stereocenters. The van der Waals surface area contributed by atoms with Gasteiger partial charge in [-0.25, -0.2) is 4.39 Å². The second-order valence-electron chi connectivity index (χ2n) is 6.98. The number of nitrogens with zero attached hydrogens (tertiary/aromatic N) is 4. The van der Waals surface area contributed by atoms with E-state index in [0.717, 1.165) is 0 Å². The number of piperazine rings is 1. The van der Waals surface area contributed by atoms with Gasteiger partial charge in [0.25, 0.3) is 11.8 Å². The number of hydrogen-bond acceptors (Lipinski definition) is 4. The molecule has 3 heterocycles. The molecule has 2 aromatic heterocycles. The first-order chi connectivity index (χ1) is 14.5. The highest BCUT2D eigenvalue weighted by Crippen LogP contribution is 2.27. The molecule has 0 spiro atoms. The number of amides is 2. The molecule has 1 fully saturated rings. The third-order valence-electron chi connectivity index (χ3n) is 5.19. The number of aromatic nitrogens is 1. The lowest BCUT2D eigenvalue weighted by Gasteiger charge is -2.34. The normalized spacial score (nSPS) is 13.9. The molecule has 7 nitrogen and oxygen atoms in total. The molecule has 8 heteroatoms. The van der Waals surface area contributed by atoms with Gasteiger partial charge in [-0.15, -0.1) is 0 Å². The lowest BCUT2D eigenvalue weighted by molar-refractivity contribution is 0.0531. The first-order valence-corrected chi connectivity index (χ1v) is 9.51. The van der Waals surface area contributed by atoms with E-state index in [-0.39, 0.29) is 48.8 Å². The zero-order chi connectivity index (χ0) is 21.3. The fourth-order valence-corrected chi connectivity index (χ4v) is 3.62. The van der Waals surface area contributed by atoms with Crippen LogP contribution in [0, 0.1) is 24.1 Å². The number of benzene rings is 1. The molecule has 2 amide bonds. The van der Waals surface area contributed by atoms with E-state index >= 15 is 0 Å². The van der Waals surface area contributed by atoms with Crippen LogP contribution >= 0.6 is 0 Å². The van der Waals surface area contributed by atoms with Gasteiger partial charge in [0, 0.05) is 38.6 Å². The molecular formula is C22H19FN4O3. The van der Waals surface area contributed by atoms with Crippen LogP contribution in [0.4, 0.5) is 4.39 Å². The number of carbonyl (C=O) groups is 2. The summed E-state index contributed by atoms with van der Waals surface area (Å²) in [6.45, 7) is 2.78. The third-order valence-corrected chi connectivity index (χ3v) is 5.19. The van der Waals surface area contributed by atoms with E-state index in [1.807, 2.05) is 0 Å². The molecular weight excluding hydrogens is 387 g/mol. The predicted octanol–water partition coefficient (Wildman–Crippen LogP) is 2.99. The zero-order valence-electron chi connectivity index (χ0n) is 16.3. The highest BCUT2D eigenvalue weighted by Gasteiger charge is 2.31. The Morgan fingerprint density at radius 3 is 2.20 bits per heavy atom. The van der Waals surface area contributed by atoms with E-state index in [4.69, 9.17) is 4.42 Å². The summed E-state index contributed by atoms with van der Waals surface area (Å²) in [5, 5.41) is 9.64. The van der Waals surface area contributed by atoms with E-state index in [0.29, 0.717) is 11.6 Å². The summed E-state index contributed by atoms with van der Waals surface area (Å²) in [5.41, 5.74) is 0.430. The molecule has 4 rings (SSSR count). The molecule has 30 heavy (non-hydrogen) atoms. The van der Waals surface area contributed by atoms with Crippen molar-refractivity contribution >= 4 is 11.8 Å². The number of nitriles is 1. The Kier molecular flexibility index (Phi) is 5.11. The third kappa shape index (κ3) is 3.35. The van der Waals surface area contributed by atoms with E-state index in [1.54, 1.807) is 47.0 Å². The maximum atomic E-state index is 13.9. The minimum absolute atomic E-state index is 0.0195. The van der Waals surface area contributed by atoms with Gasteiger partial charge < -0.3 is 14.2 Å². The van der Waals surface area contributed by atoms with Crippen molar-refractivity contribution in [3.63, 3.8) is 0 Å². The fourth-order valence-electron chi connectivity index (χ4n) is 3.62. The number of carbonyl (C=O) groups excluding carboxylic acids is 2. The average molecular weight is 406 g/mol. The molecule has 0 atom stereocenters.